The minimum absolute atomic E-state index is 0.0437. The van der Waals surface area contributed by atoms with Crippen LogP contribution in [0.3, 0.4) is 0 Å². The van der Waals surface area contributed by atoms with Gasteiger partial charge in [-0.3, -0.25) is 4.79 Å². The van der Waals surface area contributed by atoms with Gasteiger partial charge < -0.3 is 14.6 Å². The predicted molar refractivity (Wildman–Crippen MR) is 62.5 cm³/mol. The number of aromatic nitrogens is 2. The quantitative estimate of drug-likeness (QED) is 0.746. The molecule has 0 aliphatic carbocycles. The van der Waals surface area contributed by atoms with E-state index in [4.69, 9.17) is 4.42 Å². The lowest BCUT2D eigenvalue weighted by Crippen LogP contribution is -2.81. The zero-order valence-electron chi connectivity index (χ0n) is 10.0. The average Bonchev–Trinajstić information content (AvgIpc) is 2.95. The number of thioether (sulfide) groups is 1. The predicted octanol–water partition coefficient (Wildman–Crippen LogP) is -0.352. The highest BCUT2D eigenvalue weighted by atomic mass is 32.2. The van der Waals surface area contributed by atoms with Crippen molar-refractivity contribution in [3.05, 3.63) is 5.89 Å². The Morgan fingerprint density at radius 1 is 1.59 bits per heavy atom. The Morgan fingerprint density at radius 3 is 3.06 bits per heavy atom. The SMILES string of the molecule is CN(C)C(=O)CSc1nnc([C@H]2CCC[NH2+]2)o1. The summed E-state index contributed by atoms with van der Waals surface area (Å²) in [5.41, 5.74) is 0. The second-order valence-corrected chi connectivity index (χ2v) is 5.18. The minimum Gasteiger partial charge on any atom is -0.410 e. The van der Waals surface area contributed by atoms with Crippen LogP contribution in [-0.2, 0) is 4.79 Å². The molecule has 1 aliphatic rings. The zero-order valence-corrected chi connectivity index (χ0v) is 10.9. The molecular formula is C10H17N4O2S+. The first-order chi connectivity index (χ1) is 8.16. The third-order valence-electron chi connectivity index (χ3n) is 2.73. The molecule has 17 heavy (non-hydrogen) atoms. The minimum atomic E-state index is 0.0437. The molecule has 0 radical (unpaired) electrons. The lowest BCUT2D eigenvalue weighted by molar-refractivity contribution is -0.678. The number of nitrogens with zero attached hydrogens (tertiary/aromatic N) is 3. The Kier molecular flexibility index (Phi) is 4.01. The fourth-order valence-corrected chi connectivity index (χ4v) is 2.43. The van der Waals surface area contributed by atoms with Crippen molar-refractivity contribution in [2.24, 2.45) is 0 Å². The van der Waals surface area contributed by atoms with Crippen molar-refractivity contribution in [1.29, 1.82) is 0 Å². The van der Waals surface area contributed by atoms with Gasteiger partial charge in [-0.15, -0.1) is 10.2 Å². The molecule has 1 aromatic rings. The molecule has 2 rings (SSSR count). The summed E-state index contributed by atoms with van der Waals surface area (Å²) in [6.45, 7) is 1.12. The summed E-state index contributed by atoms with van der Waals surface area (Å²) < 4.78 is 5.54. The van der Waals surface area contributed by atoms with Crippen LogP contribution in [-0.4, -0.2) is 47.4 Å². The first-order valence-corrected chi connectivity index (χ1v) is 6.65. The number of hydrogen-bond acceptors (Lipinski definition) is 5. The summed E-state index contributed by atoms with van der Waals surface area (Å²) in [5.74, 6) is 1.06. The molecule has 1 aliphatic heterocycles. The molecule has 1 saturated heterocycles. The second-order valence-electron chi connectivity index (χ2n) is 4.26. The van der Waals surface area contributed by atoms with Gasteiger partial charge in [0.15, 0.2) is 6.04 Å². The maximum absolute atomic E-state index is 11.4. The molecule has 0 spiro atoms. The Labute approximate surface area is 104 Å². The molecule has 1 aromatic heterocycles. The molecule has 6 nitrogen and oxygen atoms in total. The maximum atomic E-state index is 11.4. The largest absolute Gasteiger partial charge is 0.410 e. The van der Waals surface area contributed by atoms with Crippen LogP contribution in [0.4, 0.5) is 0 Å². The summed E-state index contributed by atoms with van der Waals surface area (Å²) in [6.07, 6.45) is 2.28. The van der Waals surface area contributed by atoms with E-state index in [1.807, 2.05) is 0 Å². The first-order valence-electron chi connectivity index (χ1n) is 5.66. The van der Waals surface area contributed by atoms with Crippen LogP contribution in [0, 0.1) is 0 Å². The summed E-state index contributed by atoms with van der Waals surface area (Å²) in [6, 6.07) is 0.307. The highest BCUT2D eigenvalue weighted by molar-refractivity contribution is 7.99. The molecule has 1 amide bonds. The van der Waals surface area contributed by atoms with E-state index < -0.39 is 0 Å². The number of carbonyl (C=O) groups is 1. The normalized spacial score (nSPS) is 19.5. The lowest BCUT2D eigenvalue weighted by atomic mass is 10.2. The highest BCUT2D eigenvalue weighted by Crippen LogP contribution is 2.21. The molecule has 0 saturated carbocycles. The van der Waals surface area contributed by atoms with Crippen molar-refractivity contribution >= 4 is 17.7 Å². The number of amides is 1. The van der Waals surface area contributed by atoms with Crippen molar-refractivity contribution in [2.45, 2.75) is 24.1 Å². The molecule has 0 bridgehead atoms. The van der Waals surface area contributed by atoms with Crippen LogP contribution in [0.1, 0.15) is 24.8 Å². The smallest absolute Gasteiger partial charge is 0.277 e. The van der Waals surface area contributed by atoms with E-state index in [0.29, 0.717) is 22.9 Å². The van der Waals surface area contributed by atoms with E-state index in [1.54, 1.807) is 19.0 Å². The number of hydrogen-bond donors (Lipinski definition) is 1. The van der Waals surface area contributed by atoms with Gasteiger partial charge >= 0.3 is 0 Å². The summed E-state index contributed by atoms with van der Waals surface area (Å²) in [7, 11) is 3.46. The molecule has 94 valence electrons. The van der Waals surface area contributed by atoms with Crippen molar-refractivity contribution in [3.63, 3.8) is 0 Å². The number of nitrogens with two attached hydrogens (primary N) is 1. The Balaban J connectivity index is 1.87. The topological polar surface area (TPSA) is 75.8 Å². The Morgan fingerprint density at radius 2 is 2.41 bits per heavy atom. The van der Waals surface area contributed by atoms with Gasteiger partial charge in [0.05, 0.1) is 12.3 Å². The van der Waals surface area contributed by atoms with Crippen molar-refractivity contribution in [1.82, 2.24) is 15.1 Å². The lowest BCUT2D eigenvalue weighted by Gasteiger charge is -2.07. The van der Waals surface area contributed by atoms with Crippen LogP contribution in [0.5, 0.6) is 0 Å². The van der Waals surface area contributed by atoms with Crippen molar-refractivity contribution < 1.29 is 14.5 Å². The van der Waals surface area contributed by atoms with Gasteiger partial charge in [-0.2, -0.15) is 0 Å². The standard InChI is InChI=1S/C10H16N4O2S/c1-14(2)8(15)6-17-10-13-12-9(16-10)7-4-3-5-11-7/h7,11H,3-6H2,1-2H3/p+1/t7-/m1/s1. The fourth-order valence-electron chi connectivity index (χ4n) is 1.68. The Hall–Kier alpha value is -1.08. The van der Waals surface area contributed by atoms with Gasteiger partial charge in [0, 0.05) is 26.9 Å². The molecule has 0 aromatic carbocycles. The molecule has 1 atom stereocenters. The third-order valence-corrected chi connectivity index (χ3v) is 3.53. The first kappa shape index (κ1) is 12.4. The fraction of sp³-hybridized carbons (Fsp3) is 0.700. The van der Waals surface area contributed by atoms with Gasteiger partial charge in [-0.05, 0) is 0 Å². The molecule has 1 fully saturated rings. The van der Waals surface area contributed by atoms with E-state index >= 15 is 0 Å². The van der Waals surface area contributed by atoms with Gasteiger partial charge in [-0.1, -0.05) is 11.8 Å². The molecule has 2 heterocycles. The summed E-state index contributed by atoms with van der Waals surface area (Å²) in [4.78, 5) is 12.9. The summed E-state index contributed by atoms with van der Waals surface area (Å²) >= 11 is 1.29. The summed E-state index contributed by atoms with van der Waals surface area (Å²) in [5, 5.41) is 10.7. The van der Waals surface area contributed by atoms with E-state index in [1.165, 1.54) is 18.2 Å². The zero-order chi connectivity index (χ0) is 12.3. The van der Waals surface area contributed by atoms with E-state index in [0.717, 1.165) is 13.0 Å². The highest BCUT2D eigenvalue weighted by Gasteiger charge is 2.26. The van der Waals surface area contributed by atoms with Crippen molar-refractivity contribution in [3.8, 4) is 0 Å². The van der Waals surface area contributed by atoms with Gasteiger partial charge in [0.2, 0.25) is 5.91 Å². The van der Waals surface area contributed by atoms with Crippen LogP contribution in [0.15, 0.2) is 9.64 Å². The van der Waals surface area contributed by atoms with Gasteiger partial charge in [-0.25, -0.2) is 0 Å². The molecule has 0 unspecified atom stereocenters. The molecule has 7 heteroatoms. The van der Waals surface area contributed by atoms with E-state index in [-0.39, 0.29) is 5.91 Å². The van der Waals surface area contributed by atoms with Gasteiger partial charge in [0.25, 0.3) is 11.1 Å². The monoisotopic (exact) mass is 257 g/mol. The van der Waals surface area contributed by atoms with E-state index in [2.05, 4.69) is 15.5 Å². The average molecular weight is 257 g/mol. The van der Waals surface area contributed by atoms with E-state index in [9.17, 15) is 4.79 Å². The second kappa shape index (κ2) is 5.50. The van der Waals surface area contributed by atoms with Crippen LogP contribution in [0.25, 0.3) is 0 Å². The molecular weight excluding hydrogens is 240 g/mol. The number of rotatable bonds is 4. The third kappa shape index (κ3) is 3.19. The van der Waals surface area contributed by atoms with Crippen LogP contribution in [0.2, 0.25) is 0 Å². The van der Waals surface area contributed by atoms with Crippen molar-refractivity contribution in [2.75, 3.05) is 26.4 Å². The van der Waals surface area contributed by atoms with Gasteiger partial charge in [0.1, 0.15) is 0 Å². The number of quaternary nitrogens is 1. The number of carbonyl (C=O) groups excluding carboxylic acids is 1. The van der Waals surface area contributed by atoms with Crippen LogP contribution < -0.4 is 5.32 Å². The molecule has 2 N–H and O–H groups in total. The maximum Gasteiger partial charge on any atom is 0.277 e. The van der Waals surface area contributed by atoms with Crippen LogP contribution >= 0.6 is 11.8 Å². The Bertz CT molecular complexity index is 387.